The van der Waals surface area contributed by atoms with E-state index in [1.54, 1.807) is 13.8 Å². The Hall–Kier alpha value is -3.91. The van der Waals surface area contributed by atoms with E-state index in [9.17, 15) is 15.2 Å². The van der Waals surface area contributed by atoms with Crippen molar-refractivity contribution in [3.63, 3.8) is 0 Å². The Morgan fingerprint density at radius 1 is 1.03 bits per heavy atom. The third kappa shape index (κ3) is 4.40. The van der Waals surface area contributed by atoms with Gasteiger partial charge in [-0.05, 0) is 61.9 Å². The van der Waals surface area contributed by atoms with E-state index in [1.165, 1.54) is 32.1 Å². The summed E-state index contributed by atoms with van der Waals surface area (Å²) in [7, 11) is 0. The number of aliphatic carboxylic acids is 1. The Kier molecular flexibility index (Phi) is 6.36. The predicted molar refractivity (Wildman–Crippen MR) is 143 cm³/mol. The van der Waals surface area contributed by atoms with Crippen molar-refractivity contribution in [2.45, 2.75) is 57.9 Å². The number of rotatable bonds is 6. The molecule has 0 bridgehead atoms. The first kappa shape index (κ1) is 23.8. The van der Waals surface area contributed by atoms with Crippen LogP contribution >= 0.6 is 0 Å². The van der Waals surface area contributed by atoms with Gasteiger partial charge in [-0.1, -0.05) is 55.7 Å². The second-order valence-electron chi connectivity index (χ2n) is 10.4. The molecule has 0 saturated heterocycles. The van der Waals surface area contributed by atoms with Gasteiger partial charge >= 0.3 is 5.97 Å². The zero-order valence-corrected chi connectivity index (χ0v) is 20.9. The minimum atomic E-state index is -0.970. The number of carboxylic acid groups (broad SMARTS) is 1. The van der Waals surface area contributed by atoms with Crippen LogP contribution in [0, 0.1) is 17.2 Å². The van der Waals surface area contributed by atoms with Crippen molar-refractivity contribution in [2.75, 3.05) is 0 Å². The second kappa shape index (κ2) is 9.62. The van der Waals surface area contributed by atoms with Crippen LogP contribution in [0.5, 0.6) is 0 Å². The smallest absolute Gasteiger partial charge is 0.313 e. The summed E-state index contributed by atoms with van der Waals surface area (Å²) in [5.41, 5.74) is 5.34. The molecule has 4 aromatic rings. The summed E-state index contributed by atoms with van der Waals surface area (Å²) in [5.74, 6) is -0.148. The number of carbonyl (C=O) groups is 1. The van der Waals surface area contributed by atoms with E-state index in [-0.39, 0.29) is 0 Å². The topological polar surface area (TPSA) is 78.9 Å². The average molecular weight is 478 g/mol. The molecule has 1 aliphatic rings. The SMILES string of the molecule is CC(C)(C(=O)O)c1ccc(-c2ncc3c(ccn3CC3CCCCC3)c2-c2ccc(C#N)cc2)cc1. The highest BCUT2D eigenvalue weighted by atomic mass is 16.4. The highest BCUT2D eigenvalue weighted by molar-refractivity contribution is 6.01. The molecular formula is C31H31N3O2. The van der Waals surface area contributed by atoms with Crippen molar-refractivity contribution in [1.82, 2.24) is 9.55 Å². The molecule has 5 heteroatoms. The molecule has 5 nitrogen and oxygen atoms in total. The number of nitrogens with zero attached hydrogens (tertiary/aromatic N) is 3. The predicted octanol–water partition coefficient (Wildman–Crippen LogP) is 7.18. The molecule has 2 heterocycles. The Morgan fingerprint density at radius 2 is 1.69 bits per heavy atom. The number of hydrogen-bond donors (Lipinski definition) is 1. The van der Waals surface area contributed by atoms with Crippen molar-refractivity contribution in [3.05, 3.63) is 78.1 Å². The molecule has 1 saturated carbocycles. The number of nitriles is 1. The molecule has 2 aromatic heterocycles. The van der Waals surface area contributed by atoms with Gasteiger partial charge in [-0.2, -0.15) is 5.26 Å². The van der Waals surface area contributed by atoms with Crippen LogP contribution in [-0.4, -0.2) is 20.6 Å². The lowest BCUT2D eigenvalue weighted by Crippen LogP contribution is -2.28. The van der Waals surface area contributed by atoms with Crippen molar-refractivity contribution >= 4 is 16.9 Å². The highest BCUT2D eigenvalue weighted by Crippen LogP contribution is 2.38. The van der Waals surface area contributed by atoms with Crippen LogP contribution in [0.25, 0.3) is 33.3 Å². The summed E-state index contributed by atoms with van der Waals surface area (Å²) >= 11 is 0. The third-order valence-corrected chi connectivity index (χ3v) is 7.73. The maximum Gasteiger partial charge on any atom is 0.313 e. The van der Waals surface area contributed by atoms with Crippen molar-refractivity contribution in [1.29, 1.82) is 5.26 Å². The fourth-order valence-electron chi connectivity index (χ4n) is 5.36. The molecular weight excluding hydrogens is 446 g/mol. The number of benzene rings is 2. The monoisotopic (exact) mass is 477 g/mol. The maximum atomic E-state index is 11.7. The lowest BCUT2D eigenvalue weighted by atomic mass is 9.84. The lowest BCUT2D eigenvalue weighted by molar-refractivity contribution is -0.142. The van der Waals surface area contributed by atoms with Crippen LogP contribution in [0.3, 0.4) is 0 Å². The number of aromatic nitrogens is 2. The van der Waals surface area contributed by atoms with E-state index in [0.717, 1.165) is 45.4 Å². The summed E-state index contributed by atoms with van der Waals surface area (Å²) in [6, 6.07) is 19.7. The van der Waals surface area contributed by atoms with Crippen LogP contribution in [0.15, 0.2) is 67.0 Å². The van der Waals surface area contributed by atoms with Crippen LogP contribution in [0.1, 0.15) is 57.1 Å². The zero-order chi connectivity index (χ0) is 25.3. The van der Waals surface area contributed by atoms with E-state index in [2.05, 4.69) is 22.9 Å². The van der Waals surface area contributed by atoms with Gasteiger partial charge in [0, 0.05) is 29.3 Å². The largest absolute Gasteiger partial charge is 0.481 e. The molecule has 0 aliphatic heterocycles. The number of carboxylic acids is 1. The summed E-state index contributed by atoms with van der Waals surface area (Å²) in [4.78, 5) is 16.7. The standard InChI is InChI=1S/C31H31N3O2/c1-31(2,30(35)36)25-14-12-24(13-15-25)29-28(23-10-8-21(18-32)9-11-23)26-16-17-34(27(26)19-33-29)20-22-6-4-3-5-7-22/h8-17,19,22H,3-7,20H2,1-2H3,(H,35,36). The number of fused-ring (bicyclic) bond motifs is 1. The second-order valence-corrected chi connectivity index (χ2v) is 10.4. The molecule has 0 spiro atoms. The van der Waals surface area contributed by atoms with Crippen LogP contribution < -0.4 is 0 Å². The van der Waals surface area contributed by atoms with Gasteiger partial charge in [-0.15, -0.1) is 0 Å². The van der Waals surface area contributed by atoms with Crippen LogP contribution in [0.4, 0.5) is 0 Å². The normalized spacial score (nSPS) is 14.6. The van der Waals surface area contributed by atoms with Gasteiger partial charge in [-0.3, -0.25) is 9.78 Å². The van der Waals surface area contributed by atoms with Gasteiger partial charge in [-0.25, -0.2) is 0 Å². The average Bonchev–Trinajstić information content (AvgIpc) is 3.31. The highest BCUT2D eigenvalue weighted by Gasteiger charge is 2.29. The minimum Gasteiger partial charge on any atom is -0.481 e. The number of pyridine rings is 1. The molecule has 1 aliphatic carbocycles. The Bertz CT molecular complexity index is 1430. The van der Waals surface area contributed by atoms with E-state index in [4.69, 9.17) is 4.98 Å². The third-order valence-electron chi connectivity index (χ3n) is 7.73. The lowest BCUT2D eigenvalue weighted by Gasteiger charge is -2.22. The van der Waals surface area contributed by atoms with Crippen LogP contribution in [-0.2, 0) is 16.8 Å². The maximum absolute atomic E-state index is 11.7. The zero-order valence-electron chi connectivity index (χ0n) is 20.9. The molecule has 5 rings (SSSR count). The van der Waals surface area contributed by atoms with E-state index in [0.29, 0.717) is 11.5 Å². The first-order chi connectivity index (χ1) is 17.4. The minimum absolute atomic E-state index is 0.621. The van der Waals surface area contributed by atoms with E-state index < -0.39 is 11.4 Å². The molecule has 182 valence electrons. The fraction of sp³-hybridized carbons (Fsp3) is 0.323. The van der Waals surface area contributed by atoms with Gasteiger partial charge in [0.25, 0.3) is 0 Å². The summed E-state index contributed by atoms with van der Waals surface area (Å²) in [5, 5.41) is 20.0. The molecule has 0 atom stereocenters. The number of hydrogen-bond acceptors (Lipinski definition) is 3. The van der Waals surface area contributed by atoms with Gasteiger partial charge in [0.05, 0.1) is 34.5 Å². The first-order valence-corrected chi connectivity index (χ1v) is 12.7. The molecule has 2 aromatic carbocycles. The van der Waals surface area contributed by atoms with Crippen LogP contribution in [0.2, 0.25) is 0 Å². The van der Waals surface area contributed by atoms with Crippen molar-refractivity contribution in [2.24, 2.45) is 5.92 Å². The molecule has 1 N–H and O–H groups in total. The van der Waals surface area contributed by atoms with Gasteiger partial charge in [0.15, 0.2) is 0 Å². The molecule has 0 unspecified atom stereocenters. The molecule has 0 amide bonds. The van der Waals surface area contributed by atoms with E-state index >= 15 is 0 Å². The van der Waals surface area contributed by atoms with Crippen molar-refractivity contribution < 1.29 is 9.90 Å². The first-order valence-electron chi connectivity index (χ1n) is 12.7. The Labute approximate surface area is 212 Å². The molecule has 0 radical (unpaired) electrons. The van der Waals surface area contributed by atoms with Gasteiger partial charge in [0.1, 0.15) is 0 Å². The molecule has 36 heavy (non-hydrogen) atoms. The quantitative estimate of drug-likeness (QED) is 0.319. The fourth-order valence-corrected chi connectivity index (χ4v) is 5.36. The van der Waals surface area contributed by atoms with Crippen molar-refractivity contribution in [3.8, 4) is 28.5 Å². The van der Waals surface area contributed by atoms with Gasteiger partial charge < -0.3 is 9.67 Å². The molecule has 1 fully saturated rings. The Balaban J connectivity index is 1.62. The van der Waals surface area contributed by atoms with E-state index in [1.807, 2.05) is 54.7 Å². The Morgan fingerprint density at radius 3 is 2.33 bits per heavy atom. The summed E-state index contributed by atoms with van der Waals surface area (Å²) in [6.45, 7) is 4.44. The summed E-state index contributed by atoms with van der Waals surface area (Å²) < 4.78 is 2.34. The summed E-state index contributed by atoms with van der Waals surface area (Å²) in [6.07, 6.45) is 10.7. The van der Waals surface area contributed by atoms with Gasteiger partial charge in [0.2, 0.25) is 0 Å².